The van der Waals surface area contributed by atoms with Gasteiger partial charge >= 0.3 is 0 Å². The van der Waals surface area contributed by atoms with Gasteiger partial charge in [-0.15, -0.1) is 0 Å². The Labute approximate surface area is 211 Å². The zero-order chi connectivity index (χ0) is 24.0. The smallest absolute Gasteiger partial charge is 0.293 e. The van der Waals surface area contributed by atoms with E-state index in [0.717, 1.165) is 17.3 Å². The number of halogens is 3. The van der Waals surface area contributed by atoms with Crippen LogP contribution in [0.2, 0.25) is 15.1 Å². The first-order valence-electron chi connectivity index (χ1n) is 10.1. The van der Waals surface area contributed by atoms with Crippen molar-refractivity contribution in [1.82, 2.24) is 4.90 Å². The van der Waals surface area contributed by atoms with E-state index in [1.807, 2.05) is 6.92 Å². The summed E-state index contributed by atoms with van der Waals surface area (Å²) in [6.07, 6.45) is 2.20. The molecular weight excluding hydrogens is 509 g/mol. The first kappa shape index (κ1) is 25.7. The van der Waals surface area contributed by atoms with E-state index in [4.69, 9.17) is 49.0 Å². The number of carbonyl (C=O) groups excluding carboxylic acids is 2. The molecule has 1 aliphatic rings. The Hall–Kier alpha value is -1.90. The second kappa shape index (κ2) is 12.0. The quantitative estimate of drug-likeness (QED) is 0.252. The van der Waals surface area contributed by atoms with E-state index in [-0.39, 0.29) is 17.8 Å². The van der Waals surface area contributed by atoms with E-state index < -0.39 is 0 Å². The van der Waals surface area contributed by atoms with Crippen molar-refractivity contribution in [1.29, 1.82) is 0 Å². The van der Waals surface area contributed by atoms with Crippen LogP contribution < -0.4 is 9.47 Å². The summed E-state index contributed by atoms with van der Waals surface area (Å²) >= 11 is 19.4. The monoisotopic (exact) mass is 529 g/mol. The van der Waals surface area contributed by atoms with Crippen molar-refractivity contribution in [3.8, 4) is 11.5 Å². The predicted molar refractivity (Wildman–Crippen MR) is 133 cm³/mol. The summed E-state index contributed by atoms with van der Waals surface area (Å²) in [4.78, 5) is 26.4. The van der Waals surface area contributed by atoms with E-state index in [0.29, 0.717) is 63.2 Å². The van der Waals surface area contributed by atoms with Gasteiger partial charge in [-0.2, -0.15) is 0 Å². The van der Waals surface area contributed by atoms with Crippen molar-refractivity contribution in [2.24, 2.45) is 0 Å². The molecule has 0 radical (unpaired) electrons. The summed E-state index contributed by atoms with van der Waals surface area (Å²) in [6, 6.07) is 8.60. The highest BCUT2D eigenvalue weighted by atomic mass is 35.5. The second-order valence-electron chi connectivity index (χ2n) is 6.98. The van der Waals surface area contributed by atoms with Gasteiger partial charge in [0, 0.05) is 20.3 Å². The Balaban J connectivity index is 1.81. The Morgan fingerprint density at radius 2 is 1.82 bits per heavy atom. The van der Waals surface area contributed by atoms with Crippen molar-refractivity contribution < 1.29 is 23.8 Å². The summed E-state index contributed by atoms with van der Waals surface area (Å²) < 4.78 is 16.6. The molecule has 0 aromatic heterocycles. The molecule has 2 amide bonds. The molecule has 0 N–H and O–H groups in total. The normalized spacial score (nSPS) is 14.9. The molecule has 1 heterocycles. The predicted octanol–water partition coefficient (Wildman–Crippen LogP) is 6.70. The van der Waals surface area contributed by atoms with Gasteiger partial charge in [-0.3, -0.25) is 14.5 Å². The van der Waals surface area contributed by atoms with E-state index in [1.54, 1.807) is 43.5 Å². The lowest BCUT2D eigenvalue weighted by Crippen LogP contribution is -2.29. The van der Waals surface area contributed by atoms with Gasteiger partial charge in [0.05, 0.1) is 26.6 Å². The SMILES string of the molecule is CCOc1cc(/C=C2/SC(=O)N(CCCOC)C2=O)cc(Cl)c1OCc1ccc(Cl)c(Cl)c1. The van der Waals surface area contributed by atoms with Crippen LogP contribution in [0.15, 0.2) is 35.2 Å². The highest BCUT2D eigenvalue weighted by Crippen LogP contribution is 2.39. The third-order valence-corrected chi connectivity index (χ3v) is 6.53. The lowest BCUT2D eigenvalue weighted by Gasteiger charge is -2.15. The fraction of sp³-hybridized carbons (Fsp3) is 0.304. The maximum atomic E-state index is 12.7. The summed E-state index contributed by atoms with van der Waals surface area (Å²) in [7, 11) is 1.57. The van der Waals surface area contributed by atoms with Gasteiger partial charge in [-0.05, 0) is 66.6 Å². The molecule has 1 aliphatic heterocycles. The number of ether oxygens (including phenoxy) is 3. The molecular formula is C23H22Cl3NO5S. The van der Waals surface area contributed by atoms with Gasteiger partial charge in [-0.25, -0.2) is 0 Å². The molecule has 33 heavy (non-hydrogen) atoms. The van der Waals surface area contributed by atoms with Crippen molar-refractivity contribution in [2.75, 3.05) is 26.9 Å². The van der Waals surface area contributed by atoms with Gasteiger partial charge in [0.25, 0.3) is 11.1 Å². The molecule has 0 atom stereocenters. The zero-order valence-electron chi connectivity index (χ0n) is 18.0. The van der Waals surface area contributed by atoms with Crippen LogP contribution >= 0.6 is 46.6 Å². The largest absolute Gasteiger partial charge is 0.490 e. The van der Waals surface area contributed by atoms with E-state index in [2.05, 4.69) is 0 Å². The Morgan fingerprint density at radius 1 is 1.03 bits per heavy atom. The number of amides is 2. The molecule has 1 saturated heterocycles. The van der Waals surface area contributed by atoms with E-state index in [1.165, 1.54) is 4.90 Å². The third-order valence-electron chi connectivity index (χ3n) is 4.60. The third kappa shape index (κ3) is 6.58. The highest BCUT2D eigenvalue weighted by molar-refractivity contribution is 8.18. The first-order chi connectivity index (χ1) is 15.8. The number of nitrogens with zero attached hydrogens (tertiary/aromatic N) is 1. The van der Waals surface area contributed by atoms with Crippen molar-refractivity contribution in [3.05, 3.63) is 61.4 Å². The number of hydrogen-bond acceptors (Lipinski definition) is 6. The van der Waals surface area contributed by atoms with Crippen LogP contribution in [0, 0.1) is 0 Å². The van der Waals surface area contributed by atoms with Gasteiger partial charge in [0.1, 0.15) is 6.61 Å². The molecule has 3 rings (SSSR count). The molecule has 2 aromatic carbocycles. The molecule has 10 heteroatoms. The molecule has 0 spiro atoms. The number of carbonyl (C=O) groups is 2. The van der Waals surface area contributed by atoms with Crippen LogP contribution in [0.4, 0.5) is 4.79 Å². The molecule has 176 valence electrons. The van der Waals surface area contributed by atoms with Gasteiger partial charge in [-0.1, -0.05) is 40.9 Å². The standard InChI is InChI=1S/C23H22Cl3NO5S/c1-3-31-19-11-15(12-20-22(28)27(23(29)33-20)7-4-8-30-2)10-18(26)21(19)32-13-14-5-6-16(24)17(25)9-14/h5-6,9-12H,3-4,7-8,13H2,1-2H3/b20-12+. The van der Waals surface area contributed by atoms with Crippen LogP contribution in [-0.2, 0) is 16.1 Å². The van der Waals surface area contributed by atoms with Crippen LogP contribution in [0.5, 0.6) is 11.5 Å². The Kier molecular flexibility index (Phi) is 9.35. The average molecular weight is 531 g/mol. The molecule has 2 aromatic rings. The molecule has 0 saturated carbocycles. The second-order valence-corrected chi connectivity index (χ2v) is 9.19. The van der Waals surface area contributed by atoms with Gasteiger partial charge < -0.3 is 14.2 Å². The topological polar surface area (TPSA) is 65.1 Å². The van der Waals surface area contributed by atoms with Gasteiger partial charge in [0.2, 0.25) is 0 Å². The first-order valence-corrected chi connectivity index (χ1v) is 12.1. The molecule has 6 nitrogen and oxygen atoms in total. The Morgan fingerprint density at radius 3 is 2.52 bits per heavy atom. The lowest BCUT2D eigenvalue weighted by atomic mass is 10.1. The van der Waals surface area contributed by atoms with Crippen molar-refractivity contribution in [3.63, 3.8) is 0 Å². The fourth-order valence-electron chi connectivity index (χ4n) is 3.07. The molecule has 0 unspecified atom stereocenters. The Bertz CT molecular complexity index is 1080. The molecule has 0 bridgehead atoms. The number of imide groups is 1. The number of hydrogen-bond donors (Lipinski definition) is 0. The van der Waals surface area contributed by atoms with Crippen LogP contribution in [-0.4, -0.2) is 42.9 Å². The minimum Gasteiger partial charge on any atom is -0.490 e. The minimum atomic E-state index is -0.338. The number of thioether (sulfide) groups is 1. The van der Waals surface area contributed by atoms with E-state index >= 15 is 0 Å². The molecule has 0 aliphatic carbocycles. The lowest BCUT2D eigenvalue weighted by molar-refractivity contribution is -0.122. The van der Waals surface area contributed by atoms with E-state index in [9.17, 15) is 9.59 Å². The summed E-state index contributed by atoms with van der Waals surface area (Å²) in [5.41, 5.74) is 1.43. The van der Waals surface area contributed by atoms with Crippen LogP contribution in [0.3, 0.4) is 0 Å². The summed E-state index contributed by atoms with van der Waals surface area (Å²) in [5.74, 6) is 0.458. The van der Waals surface area contributed by atoms with Gasteiger partial charge in [0.15, 0.2) is 11.5 Å². The highest BCUT2D eigenvalue weighted by Gasteiger charge is 2.34. The number of methoxy groups -OCH3 is 1. The minimum absolute atomic E-state index is 0.205. The van der Waals surface area contributed by atoms with Crippen LogP contribution in [0.25, 0.3) is 6.08 Å². The summed E-state index contributed by atoms with van der Waals surface area (Å²) in [6.45, 7) is 3.21. The maximum absolute atomic E-state index is 12.7. The number of benzene rings is 2. The van der Waals surface area contributed by atoms with Crippen molar-refractivity contribution >= 4 is 63.8 Å². The van der Waals surface area contributed by atoms with Crippen LogP contribution in [0.1, 0.15) is 24.5 Å². The number of rotatable bonds is 10. The summed E-state index contributed by atoms with van der Waals surface area (Å²) in [5, 5.41) is 0.896. The average Bonchev–Trinajstić information content (AvgIpc) is 3.03. The zero-order valence-corrected chi connectivity index (χ0v) is 21.1. The van der Waals surface area contributed by atoms with Crippen molar-refractivity contribution in [2.45, 2.75) is 20.0 Å². The molecule has 1 fully saturated rings. The fourth-order valence-corrected chi connectivity index (χ4v) is 4.53. The maximum Gasteiger partial charge on any atom is 0.293 e.